The second-order valence-corrected chi connectivity index (χ2v) is 1.90. The monoisotopic (exact) mass is 185 g/mol. The molecule has 72 valence electrons. The quantitative estimate of drug-likeness (QED) is 0.669. The van der Waals surface area contributed by atoms with Gasteiger partial charge in [0.15, 0.2) is 0 Å². The van der Waals surface area contributed by atoms with Crippen LogP contribution in [-0.2, 0) is 9.47 Å². The molecule has 13 heavy (non-hydrogen) atoms. The summed E-state index contributed by atoms with van der Waals surface area (Å²) in [6, 6.07) is 0. The molecule has 1 N–H and O–H groups in total. The van der Waals surface area contributed by atoms with Gasteiger partial charge >= 0.3 is 12.2 Å². The van der Waals surface area contributed by atoms with Crippen LogP contribution in [0.5, 0.6) is 0 Å². The minimum atomic E-state index is -0.867. The molecule has 0 heterocycles. The lowest BCUT2D eigenvalue weighted by atomic mass is 10.7. The Morgan fingerprint density at radius 2 is 1.46 bits per heavy atom. The molecule has 0 aliphatic rings. The van der Waals surface area contributed by atoms with E-state index in [9.17, 15) is 9.59 Å². The third-order valence-electron chi connectivity index (χ3n) is 0.869. The van der Waals surface area contributed by atoms with Gasteiger partial charge in [-0.05, 0) is 0 Å². The number of hydrogen-bond donors (Lipinski definition) is 1. The average molecular weight is 185 g/mol. The van der Waals surface area contributed by atoms with Gasteiger partial charge in [0.2, 0.25) is 0 Å². The lowest BCUT2D eigenvalue weighted by Gasteiger charge is -2.03. The van der Waals surface area contributed by atoms with Crippen LogP contribution in [0.4, 0.5) is 9.59 Å². The zero-order chi connectivity index (χ0) is 10.1. The molecule has 0 aromatic rings. The summed E-state index contributed by atoms with van der Waals surface area (Å²) in [5, 5.41) is 1.83. The van der Waals surface area contributed by atoms with Gasteiger partial charge in [0, 0.05) is 0 Å². The Morgan fingerprint density at radius 3 is 1.77 bits per heavy atom. The number of carbonyl (C=O) groups excluding carboxylic acids is 2. The van der Waals surface area contributed by atoms with Crippen LogP contribution in [0.15, 0.2) is 25.3 Å². The van der Waals surface area contributed by atoms with Crippen molar-refractivity contribution >= 4 is 12.2 Å². The third-order valence-corrected chi connectivity index (χ3v) is 0.869. The van der Waals surface area contributed by atoms with Crippen molar-refractivity contribution < 1.29 is 19.1 Å². The first-order valence-electron chi connectivity index (χ1n) is 3.53. The molecule has 0 radical (unpaired) electrons. The summed E-state index contributed by atoms with van der Waals surface area (Å²) in [6.07, 6.45) is 1.03. The van der Waals surface area contributed by atoms with Crippen LogP contribution < -0.4 is 5.32 Å². The molecule has 0 saturated carbocycles. The van der Waals surface area contributed by atoms with Gasteiger partial charge in [-0.25, -0.2) is 14.9 Å². The summed E-state index contributed by atoms with van der Waals surface area (Å²) in [6.45, 7) is 6.74. The van der Waals surface area contributed by atoms with Crippen molar-refractivity contribution in [1.82, 2.24) is 5.32 Å². The van der Waals surface area contributed by atoms with Crippen LogP contribution in [0.3, 0.4) is 0 Å². The number of carbonyl (C=O) groups is 2. The van der Waals surface area contributed by atoms with Gasteiger partial charge in [-0.1, -0.05) is 25.3 Å². The number of alkyl carbamates (subject to hydrolysis) is 2. The number of amides is 2. The van der Waals surface area contributed by atoms with E-state index in [1.165, 1.54) is 12.2 Å². The van der Waals surface area contributed by atoms with Gasteiger partial charge in [-0.3, -0.25) is 0 Å². The van der Waals surface area contributed by atoms with E-state index >= 15 is 0 Å². The molecule has 0 aliphatic carbocycles. The second kappa shape index (κ2) is 6.90. The van der Waals surface area contributed by atoms with E-state index in [2.05, 4.69) is 22.6 Å². The molecule has 5 heteroatoms. The summed E-state index contributed by atoms with van der Waals surface area (Å²) >= 11 is 0. The van der Waals surface area contributed by atoms with Gasteiger partial charge in [0.25, 0.3) is 0 Å². The SMILES string of the molecule is C=CCOC(=O)NC(=O)OCC=C. The smallest absolute Gasteiger partial charge is 0.416 e. The standard InChI is InChI=1S/C8H11NO4/c1-3-5-12-7(10)9-8(11)13-6-4-2/h3-4H,1-2,5-6H2,(H,9,10,11). The Labute approximate surface area is 76.0 Å². The van der Waals surface area contributed by atoms with Gasteiger partial charge < -0.3 is 9.47 Å². The average Bonchev–Trinajstić information content (AvgIpc) is 2.11. The molecule has 0 bridgehead atoms. The highest BCUT2D eigenvalue weighted by atomic mass is 16.6. The molecule has 0 aromatic heterocycles. The largest absolute Gasteiger partial charge is 0.445 e. The number of rotatable bonds is 4. The highest BCUT2D eigenvalue weighted by Crippen LogP contribution is 1.82. The van der Waals surface area contributed by atoms with Crippen molar-refractivity contribution in [3.63, 3.8) is 0 Å². The van der Waals surface area contributed by atoms with Crippen molar-refractivity contribution in [3.05, 3.63) is 25.3 Å². The molecular formula is C8H11NO4. The lowest BCUT2D eigenvalue weighted by Crippen LogP contribution is -2.31. The Morgan fingerprint density at radius 1 is 1.08 bits per heavy atom. The number of hydrogen-bond acceptors (Lipinski definition) is 4. The minimum absolute atomic E-state index is 0.0422. The molecule has 0 atom stereocenters. The summed E-state index contributed by atoms with van der Waals surface area (Å²) in [5.41, 5.74) is 0. The van der Waals surface area contributed by atoms with Crippen LogP contribution >= 0.6 is 0 Å². The number of imide groups is 1. The fraction of sp³-hybridized carbons (Fsp3) is 0.250. The highest BCUT2D eigenvalue weighted by molar-refractivity contribution is 5.87. The van der Waals surface area contributed by atoms with E-state index in [4.69, 9.17) is 0 Å². The summed E-state index contributed by atoms with van der Waals surface area (Å²) in [4.78, 5) is 21.3. The van der Waals surface area contributed by atoms with Crippen LogP contribution in [0.2, 0.25) is 0 Å². The number of nitrogens with one attached hydrogen (secondary N) is 1. The summed E-state index contributed by atoms with van der Waals surface area (Å²) in [7, 11) is 0. The van der Waals surface area contributed by atoms with E-state index in [1.54, 1.807) is 0 Å². The van der Waals surface area contributed by atoms with Crippen molar-refractivity contribution in [1.29, 1.82) is 0 Å². The molecule has 5 nitrogen and oxygen atoms in total. The van der Waals surface area contributed by atoms with E-state index in [0.717, 1.165) is 0 Å². The van der Waals surface area contributed by atoms with Crippen LogP contribution in [0.25, 0.3) is 0 Å². The fourth-order valence-corrected chi connectivity index (χ4v) is 0.425. The normalized spacial score (nSPS) is 8.31. The van der Waals surface area contributed by atoms with Crippen LogP contribution in [-0.4, -0.2) is 25.4 Å². The Hall–Kier alpha value is -1.78. The van der Waals surface area contributed by atoms with Crippen molar-refractivity contribution in [2.24, 2.45) is 0 Å². The van der Waals surface area contributed by atoms with Crippen molar-refractivity contribution in [3.8, 4) is 0 Å². The molecular weight excluding hydrogens is 174 g/mol. The summed E-state index contributed by atoms with van der Waals surface area (Å²) < 4.78 is 8.89. The lowest BCUT2D eigenvalue weighted by molar-refractivity contribution is 0.136. The Kier molecular flexibility index (Phi) is 5.96. The van der Waals surface area contributed by atoms with E-state index in [1.807, 2.05) is 5.32 Å². The van der Waals surface area contributed by atoms with E-state index in [0.29, 0.717) is 0 Å². The first-order chi connectivity index (χ1) is 6.20. The maximum Gasteiger partial charge on any atom is 0.416 e. The molecule has 0 aliphatic heterocycles. The highest BCUT2D eigenvalue weighted by Gasteiger charge is 2.07. The topological polar surface area (TPSA) is 64.6 Å². The van der Waals surface area contributed by atoms with Crippen LogP contribution in [0, 0.1) is 0 Å². The van der Waals surface area contributed by atoms with Gasteiger partial charge in [-0.2, -0.15) is 0 Å². The van der Waals surface area contributed by atoms with Gasteiger partial charge in [-0.15, -0.1) is 0 Å². The first-order valence-corrected chi connectivity index (χ1v) is 3.53. The minimum Gasteiger partial charge on any atom is -0.445 e. The maximum atomic E-state index is 10.7. The zero-order valence-corrected chi connectivity index (χ0v) is 7.12. The molecule has 2 amide bonds. The molecule has 0 saturated heterocycles. The van der Waals surface area contributed by atoms with Crippen molar-refractivity contribution in [2.45, 2.75) is 0 Å². The first kappa shape index (κ1) is 11.2. The zero-order valence-electron chi connectivity index (χ0n) is 7.12. The van der Waals surface area contributed by atoms with E-state index in [-0.39, 0.29) is 13.2 Å². The second-order valence-electron chi connectivity index (χ2n) is 1.90. The van der Waals surface area contributed by atoms with Crippen LogP contribution in [0.1, 0.15) is 0 Å². The maximum absolute atomic E-state index is 10.7. The Bertz CT molecular complexity index is 190. The third kappa shape index (κ3) is 6.61. The molecule has 0 unspecified atom stereocenters. The fourth-order valence-electron chi connectivity index (χ4n) is 0.425. The number of ether oxygens (including phenoxy) is 2. The van der Waals surface area contributed by atoms with E-state index < -0.39 is 12.2 Å². The van der Waals surface area contributed by atoms with Crippen molar-refractivity contribution in [2.75, 3.05) is 13.2 Å². The Balaban J connectivity index is 3.58. The van der Waals surface area contributed by atoms with Gasteiger partial charge in [0.05, 0.1) is 0 Å². The molecule has 0 rings (SSSR count). The predicted molar refractivity (Wildman–Crippen MR) is 46.2 cm³/mol. The molecule has 0 aromatic carbocycles. The predicted octanol–water partition coefficient (Wildman–Crippen LogP) is 1.22. The van der Waals surface area contributed by atoms with Gasteiger partial charge in [0.1, 0.15) is 13.2 Å². The molecule has 0 fully saturated rings. The molecule has 0 spiro atoms. The summed E-state index contributed by atoms with van der Waals surface area (Å²) in [5.74, 6) is 0.